The van der Waals surface area contributed by atoms with Crippen molar-refractivity contribution in [3.63, 3.8) is 0 Å². The Morgan fingerprint density at radius 3 is 2.29 bits per heavy atom. The highest BCUT2D eigenvalue weighted by atomic mass is 16.5. The van der Waals surface area contributed by atoms with Crippen molar-refractivity contribution in [2.24, 2.45) is 0 Å². The van der Waals surface area contributed by atoms with Crippen molar-refractivity contribution in [2.75, 3.05) is 39.3 Å². The van der Waals surface area contributed by atoms with Gasteiger partial charge in [-0.3, -0.25) is 29.3 Å². The number of carbonyl (C=O) groups is 3. The number of allylic oxidation sites excluding steroid dienone is 1. The Hall–Kier alpha value is -5.67. The fourth-order valence-corrected chi connectivity index (χ4v) is 6.81. The number of rotatable bonds is 14. The standard InChI is InChI=1S/C44H47N5O4.C2H6/c1-4-37(40-28-45-19-16-31(40)2)39-13-10-34(30-48-21-23-49(24-22-48)44(52)15-14-43(51)47-27-32(3)50)26-42(39)53-25-18-33-8-11-36(12-9-33)38-7-5-6-35-17-20-46-29-41(35)38;1-2/h4-13,16-17,19-20,26,28-29H,14-15,18,21-25,27,30H2,1-3H3,(H,47,51);1-2H3/b37-4-;. The van der Waals surface area contributed by atoms with E-state index in [0.29, 0.717) is 19.7 Å². The zero-order chi connectivity index (χ0) is 39.2. The van der Waals surface area contributed by atoms with Crippen molar-refractivity contribution in [1.29, 1.82) is 0 Å². The first-order valence-corrected chi connectivity index (χ1v) is 19.3. The highest BCUT2D eigenvalue weighted by Crippen LogP contribution is 2.34. The summed E-state index contributed by atoms with van der Waals surface area (Å²) in [6.07, 6.45) is 10.6. The Labute approximate surface area is 325 Å². The van der Waals surface area contributed by atoms with Crippen LogP contribution < -0.4 is 10.1 Å². The number of nitrogens with zero attached hydrogens (tertiary/aromatic N) is 4. The molecule has 1 saturated heterocycles. The molecule has 0 spiro atoms. The van der Waals surface area contributed by atoms with Crippen LogP contribution in [0.2, 0.25) is 0 Å². The fourth-order valence-electron chi connectivity index (χ4n) is 6.81. The summed E-state index contributed by atoms with van der Waals surface area (Å²) in [4.78, 5) is 48.8. The van der Waals surface area contributed by atoms with E-state index in [1.807, 2.05) is 62.6 Å². The summed E-state index contributed by atoms with van der Waals surface area (Å²) < 4.78 is 6.62. The first kappa shape index (κ1) is 40.5. The lowest BCUT2D eigenvalue weighted by Gasteiger charge is -2.35. The van der Waals surface area contributed by atoms with E-state index in [0.717, 1.165) is 70.6 Å². The lowest BCUT2D eigenvalue weighted by Crippen LogP contribution is -2.48. The summed E-state index contributed by atoms with van der Waals surface area (Å²) in [5.41, 5.74) is 8.98. The molecule has 1 fully saturated rings. The maximum Gasteiger partial charge on any atom is 0.223 e. The molecule has 1 N–H and O–H groups in total. The van der Waals surface area contributed by atoms with E-state index < -0.39 is 0 Å². The van der Waals surface area contributed by atoms with Gasteiger partial charge in [-0.2, -0.15) is 0 Å². The van der Waals surface area contributed by atoms with Crippen LogP contribution in [0.15, 0.2) is 104 Å². The normalized spacial score (nSPS) is 13.2. The Bertz CT molecular complexity index is 2100. The Kier molecular flexibility index (Phi) is 14.8. The molecule has 1 aliphatic heterocycles. The number of aryl methyl sites for hydroxylation is 1. The number of ether oxygens (including phenoxy) is 1. The molecule has 9 heteroatoms. The number of amides is 2. The number of benzene rings is 3. The molecule has 0 unspecified atom stereocenters. The summed E-state index contributed by atoms with van der Waals surface area (Å²) in [7, 11) is 0. The number of piperazine rings is 1. The second-order valence-electron chi connectivity index (χ2n) is 13.6. The first-order valence-electron chi connectivity index (χ1n) is 19.3. The third-order valence-corrected chi connectivity index (χ3v) is 9.78. The van der Waals surface area contributed by atoms with Crippen LogP contribution in [0.5, 0.6) is 5.75 Å². The van der Waals surface area contributed by atoms with E-state index in [1.54, 1.807) is 0 Å². The van der Waals surface area contributed by atoms with Crippen molar-refractivity contribution in [1.82, 2.24) is 25.1 Å². The Morgan fingerprint density at radius 1 is 0.836 bits per heavy atom. The van der Waals surface area contributed by atoms with E-state index in [4.69, 9.17) is 4.74 Å². The molecule has 6 rings (SSSR count). The van der Waals surface area contributed by atoms with Gasteiger partial charge in [0.1, 0.15) is 11.5 Å². The molecule has 2 amide bonds. The minimum Gasteiger partial charge on any atom is -0.493 e. The van der Waals surface area contributed by atoms with Gasteiger partial charge in [0.2, 0.25) is 11.8 Å². The van der Waals surface area contributed by atoms with Gasteiger partial charge in [-0.15, -0.1) is 0 Å². The van der Waals surface area contributed by atoms with Crippen LogP contribution in [0.25, 0.3) is 27.5 Å². The van der Waals surface area contributed by atoms with E-state index in [-0.39, 0.29) is 37.0 Å². The van der Waals surface area contributed by atoms with Crippen LogP contribution >= 0.6 is 0 Å². The number of fused-ring (bicyclic) bond motifs is 1. The largest absolute Gasteiger partial charge is 0.493 e. The molecule has 1 aliphatic rings. The predicted octanol–water partition coefficient (Wildman–Crippen LogP) is 7.83. The molecule has 0 bridgehead atoms. The molecular formula is C46H53N5O4. The molecule has 0 radical (unpaired) electrons. The van der Waals surface area contributed by atoms with E-state index in [2.05, 4.69) is 93.8 Å². The van der Waals surface area contributed by atoms with E-state index >= 15 is 0 Å². The van der Waals surface area contributed by atoms with Crippen LogP contribution in [-0.2, 0) is 27.3 Å². The molecule has 55 heavy (non-hydrogen) atoms. The van der Waals surface area contributed by atoms with Gasteiger partial charge in [0, 0.05) is 93.3 Å². The minimum absolute atomic E-state index is 0.00205. The second-order valence-corrected chi connectivity index (χ2v) is 13.6. The van der Waals surface area contributed by atoms with Gasteiger partial charge in [-0.25, -0.2) is 0 Å². The quantitative estimate of drug-likeness (QED) is 0.124. The summed E-state index contributed by atoms with van der Waals surface area (Å²) >= 11 is 0. The number of Topliss-reactive ketones (excluding diaryl/α,β-unsaturated/α-hetero) is 1. The Morgan fingerprint density at radius 2 is 1.56 bits per heavy atom. The molecule has 2 aromatic heterocycles. The first-order chi connectivity index (χ1) is 26.8. The zero-order valence-corrected chi connectivity index (χ0v) is 32.8. The van der Waals surface area contributed by atoms with Crippen molar-refractivity contribution >= 4 is 33.9 Å². The molecule has 0 atom stereocenters. The Balaban J connectivity index is 0.00000285. The monoisotopic (exact) mass is 739 g/mol. The lowest BCUT2D eigenvalue weighted by molar-refractivity contribution is -0.135. The van der Waals surface area contributed by atoms with E-state index in [9.17, 15) is 14.4 Å². The number of pyridine rings is 2. The SMILES string of the molecule is C/C=C(\c1cnccc1C)c1ccc(CN2CCN(C(=O)CCC(=O)NCC(C)=O)CC2)cc1OCCc1ccc(-c2cccc3ccncc23)cc1.CC. The molecule has 3 aromatic carbocycles. The van der Waals surface area contributed by atoms with Crippen molar-refractivity contribution in [3.8, 4) is 16.9 Å². The molecule has 3 heterocycles. The molecule has 0 saturated carbocycles. The smallest absolute Gasteiger partial charge is 0.223 e. The maximum absolute atomic E-state index is 12.8. The number of aromatic nitrogens is 2. The molecule has 5 aromatic rings. The van der Waals surface area contributed by atoms with Crippen molar-refractivity contribution in [3.05, 3.63) is 131 Å². The van der Waals surface area contributed by atoms with Crippen LogP contribution in [0, 0.1) is 6.92 Å². The van der Waals surface area contributed by atoms with Crippen molar-refractivity contribution < 1.29 is 19.1 Å². The fraction of sp³-hybridized carbons (Fsp3) is 0.326. The van der Waals surface area contributed by atoms with Gasteiger partial charge in [0.05, 0.1) is 13.2 Å². The third-order valence-electron chi connectivity index (χ3n) is 9.78. The summed E-state index contributed by atoms with van der Waals surface area (Å²) in [5.74, 6) is 0.405. The number of ketones is 1. The highest BCUT2D eigenvalue weighted by Gasteiger charge is 2.22. The molecule has 0 aliphatic carbocycles. The maximum atomic E-state index is 12.8. The van der Waals surface area contributed by atoms with E-state index in [1.165, 1.54) is 23.4 Å². The molecule has 286 valence electrons. The van der Waals surface area contributed by atoms with Crippen LogP contribution in [0.3, 0.4) is 0 Å². The topological polar surface area (TPSA) is 105 Å². The molecule has 9 nitrogen and oxygen atoms in total. The third kappa shape index (κ3) is 11.0. The van der Waals surface area contributed by atoms with Gasteiger partial charge in [0.15, 0.2) is 0 Å². The lowest BCUT2D eigenvalue weighted by atomic mass is 9.94. The number of hydrogen-bond donors (Lipinski definition) is 1. The molecular weight excluding hydrogens is 687 g/mol. The summed E-state index contributed by atoms with van der Waals surface area (Å²) in [5, 5.41) is 4.87. The van der Waals surface area contributed by atoms with Gasteiger partial charge in [0.25, 0.3) is 0 Å². The van der Waals surface area contributed by atoms with Gasteiger partial charge in [-0.1, -0.05) is 74.5 Å². The predicted molar refractivity (Wildman–Crippen MR) is 221 cm³/mol. The minimum atomic E-state index is -0.277. The average molecular weight is 740 g/mol. The number of nitrogens with one attached hydrogen (secondary N) is 1. The van der Waals surface area contributed by atoms with Crippen LogP contribution in [-0.4, -0.2) is 76.7 Å². The van der Waals surface area contributed by atoms with Gasteiger partial charge in [-0.05, 0) is 77.7 Å². The average Bonchev–Trinajstić information content (AvgIpc) is 3.22. The summed E-state index contributed by atoms with van der Waals surface area (Å²) in [6, 6.07) is 25.6. The van der Waals surface area contributed by atoms with Crippen LogP contribution in [0.1, 0.15) is 68.4 Å². The zero-order valence-electron chi connectivity index (χ0n) is 32.8. The van der Waals surface area contributed by atoms with Crippen LogP contribution in [0.4, 0.5) is 0 Å². The second kappa shape index (κ2) is 20.1. The van der Waals surface area contributed by atoms with Gasteiger partial charge >= 0.3 is 0 Å². The number of carbonyl (C=O) groups excluding carboxylic acids is 3. The van der Waals surface area contributed by atoms with Gasteiger partial charge < -0.3 is 15.0 Å². The highest BCUT2D eigenvalue weighted by molar-refractivity contribution is 5.96. The van der Waals surface area contributed by atoms with Crippen molar-refractivity contribution in [2.45, 2.75) is 60.4 Å². The number of hydrogen-bond acceptors (Lipinski definition) is 7. The summed E-state index contributed by atoms with van der Waals surface area (Å²) in [6.45, 7) is 13.5.